The summed E-state index contributed by atoms with van der Waals surface area (Å²) in [5, 5.41) is 0. The highest BCUT2D eigenvalue weighted by atomic mass is 16.5. The number of rotatable bonds is 5. The second-order valence-corrected chi connectivity index (χ2v) is 8.85. The predicted octanol–water partition coefficient (Wildman–Crippen LogP) is 2.33. The van der Waals surface area contributed by atoms with Gasteiger partial charge in [0.25, 0.3) is 0 Å². The summed E-state index contributed by atoms with van der Waals surface area (Å²) in [6, 6.07) is -0.999. The minimum Gasteiger partial charge on any atom is -0.464 e. The zero-order valence-electron chi connectivity index (χ0n) is 15.5. The van der Waals surface area contributed by atoms with Gasteiger partial charge in [0, 0.05) is 6.54 Å². The fourth-order valence-electron chi connectivity index (χ4n) is 5.61. The second kappa shape index (κ2) is 6.01. The molecule has 24 heavy (non-hydrogen) atoms. The van der Waals surface area contributed by atoms with E-state index in [1.807, 2.05) is 0 Å². The molecule has 0 aromatic heterocycles. The molecular weight excluding hydrogens is 304 g/mol. The first kappa shape index (κ1) is 17.7. The van der Waals surface area contributed by atoms with E-state index in [4.69, 9.17) is 10.5 Å². The molecule has 0 aromatic rings. The number of esters is 1. The van der Waals surface area contributed by atoms with Crippen molar-refractivity contribution < 1.29 is 14.3 Å². The van der Waals surface area contributed by atoms with E-state index in [1.165, 1.54) is 12.8 Å². The molecule has 136 valence electrons. The lowest BCUT2D eigenvalue weighted by Crippen LogP contribution is -2.47. The van der Waals surface area contributed by atoms with E-state index in [0.717, 1.165) is 18.8 Å². The molecule has 2 N–H and O–H groups in total. The average Bonchev–Trinajstić information content (AvgIpc) is 2.95. The van der Waals surface area contributed by atoms with E-state index in [0.29, 0.717) is 36.3 Å². The number of hydrogen-bond acceptors (Lipinski definition) is 4. The van der Waals surface area contributed by atoms with E-state index in [9.17, 15) is 9.59 Å². The summed E-state index contributed by atoms with van der Waals surface area (Å²) in [7, 11) is 0. The summed E-state index contributed by atoms with van der Waals surface area (Å²) >= 11 is 0. The van der Waals surface area contributed by atoms with Crippen molar-refractivity contribution in [2.75, 3.05) is 13.2 Å². The first-order valence-corrected chi connectivity index (χ1v) is 9.43. The maximum absolute atomic E-state index is 12.4. The number of nitrogens with two attached hydrogens (primary N) is 1. The molecule has 2 aliphatic carbocycles. The summed E-state index contributed by atoms with van der Waals surface area (Å²) in [6.07, 6.45) is 5.02. The predicted molar refractivity (Wildman–Crippen MR) is 92.1 cm³/mol. The second-order valence-electron chi connectivity index (χ2n) is 8.85. The zero-order valence-corrected chi connectivity index (χ0v) is 15.5. The average molecular weight is 336 g/mol. The van der Waals surface area contributed by atoms with Crippen molar-refractivity contribution >= 4 is 11.9 Å². The van der Waals surface area contributed by atoms with Crippen molar-refractivity contribution in [1.82, 2.24) is 4.90 Å². The van der Waals surface area contributed by atoms with Crippen LogP contribution in [0.3, 0.4) is 0 Å². The first-order valence-electron chi connectivity index (χ1n) is 9.43. The highest BCUT2D eigenvalue weighted by molar-refractivity contribution is 5.87. The molecule has 1 aliphatic heterocycles. The van der Waals surface area contributed by atoms with Gasteiger partial charge in [-0.25, -0.2) is 4.79 Å². The molecule has 3 unspecified atom stereocenters. The van der Waals surface area contributed by atoms with Crippen LogP contribution < -0.4 is 5.73 Å². The van der Waals surface area contributed by atoms with E-state index in [2.05, 4.69) is 20.8 Å². The number of carbonyl (C=O) groups excluding carboxylic acids is 2. The van der Waals surface area contributed by atoms with Crippen LogP contribution in [0.4, 0.5) is 0 Å². The van der Waals surface area contributed by atoms with Gasteiger partial charge in [0.2, 0.25) is 5.91 Å². The van der Waals surface area contributed by atoms with Crippen LogP contribution >= 0.6 is 0 Å². The maximum atomic E-state index is 12.4. The van der Waals surface area contributed by atoms with Gasteiger partial charge < -0.3 is 15.4 Å². The Morgan fingerprint density at radius 2 is 2.00 bits per heavy atom. The molecular formula is C19H32N2O3. The number of nitrogens with zero attached hydrogens (tertiary/aromatic N) is 1. The van der Waals surface area contributed by atoms with Crippen molar-refractivity contribution in [3.8, 4) is 0 Å². The molecule has 0 radical (unpaired) electrons. The lowest BCUT2D eigenvalue weighted by Gasteiger charge is -2.25. The molecule has 3 rings (SSSR count). The summed E-state index contributed by atoms with van der Waals surface area (Å²) in [4.78, 5) is 26.1. The van der Waals surface area contributed by atoms with Crippen LogP contribution in [-0.2, 0) is 14.3 Å². The molecule has 0 bridgehead atoms. The molecule has 5 atom stereocenters. The van der Waals surface area contributed by atoms with Crippen LogP contribution in [-0.4, -0.2) is 42.0 Å². The molecule has 0 aromatic carbocycles. The van der Waals surface area contributed by atoms with Crippen molar-refractivity contribution in [1.29, 1.82) is 0 Å². The van der Waals surface area contributed by atoms with Crippen LogP contribution in [0.25, 0.3) is 0 Å². The molecule has 5 heteroatoms. The van der Waals surface area contributed by atoms with Gasteiger partial charge in [0.1, 0.15) is 6.04 Å². The van der Waals surface area contributed by atoms with Gasteiger partial charge in [-0.2, -0.15) is 0 Å². The molecule has 1 heterocycles. The Morgan fingerprint density at radius 3 is 2.58 bits per heavy atom. The van der Waals surface area contributed by atoms with Gasteiger partial charge in [-0.3, -0.25) is 4.79 Å². The Hall–Kier alpha value is -1.10. The smallest absolute Gasteiger partial charge is 0.328 e. The van der Waals surface area contributed by atoms with E-state index in [-0.39, 0.29) is 11.9 Å². The Morgan fingerprint density at radius 1 is 1.29 bits per heavy atom. The molecule has 1 saturated heterocycles. The summed E-state index contributed by atoms with van der Waals surface area (Å²) < 4.78 is 5.54. The number of ether oxygens (including phenoxy) is 1. The molecule has 3 fully saturated rings. The summed E-state index contributed by atoms with van der Waals surface area (Å²) in [5.74, 6) is 1.03. The van der Waals surface area contributed by atoms with Gasteiger partial charge in [0.05, 0.1) is 12.6 Å². The third kappa shape index (κ3) is 2.65. The maximum Gasteiger partial charge on any atom is 0.328 e. The lowest BCUT2D eigenvalue weighted by molar-refractivity contribution is -0.154. The highest BCUT2D eigenvalue weighted by Gasteiger charge is 2.72. The number of amides is 1. The first-order chi connectivity index (χ1) is 11.2. The fraction of sp³-hybridized carbons (Fsp3) is 0.895. The van der Waals surface area contributed by atoms with Crippen LogP contribution in [0.1, 0.15) is 59.8 Å². The van der Waals surface area contributed by atoms with E-state index in [1.54, 1.807) is 11.8 Å². The van der Waals surface area contributed by atoms with Crippen molar-refractivity contribution in [2.24, 2.45) is 28.4 Å². The minimum atomic E-state index is -0.563. The largest absolute Gasteiger partial charge is 0.464 e. The van der Waals surface area contributed by atoms with Gasteiger partial charge in [0.15, 0.2) is 0 Å². The number of fused-ring (bicyclic) bond motifs is 1. The molecule has 5 nitrogen and oxygen atoms in total. The topological polar surface area (TPSA) is 72.6 Å². The Kier molecular flexibility index (Phi) is 4.44. The Bertz CT molecular complexity index is 531. The molecule has 3 aliphatic rings. The standard InChI is InChI=1S/C19H32N2O3/c1-12(20)16(22)21-10-5-6-14(21)17(23)24-11-8-13-7-9-19(4)15(13)18(19,2)3/h12-15H,5-11,20H2,1-4H3/t12-,13?,14-,15?,19?/m0/s1. The fourth-order valence-corrected chi connectivity index (χ4v) is 5.61. The minimum absolute atomic E-state index is 0.152. The monoisotopic (exact) mass is 336 g/mol. The zero-order chi connectivity index (χ0) is 17.7. The quantitative estimate of drug-likeness (QED) is 0.782. The van der Waals surface area contributed by atoms with Crippen LogP contribution in [0, 0.1) is 22.7 Å². The third-order valence-electron chi connectivity index (χ3n) is 7.29. The number of hydrogen-bond donors (Lipinski definition) is 1. The number of carbonyl (C=O) groups is 2. The lowest BCUT2D eigenvalue weighted by atomic mass is 9.88. The third-order valence-corrected chi connectivity index (χ3v) is 7.29. The summed E-state index contributed by atoms with van der Waals surface area (Å²) in [5.41, 5.74) is 6.61. The Balaban J connectivity index is 1.47. The van der Waals surface area contributed by atoms with Crippen molar-refractivity contribution in [2.45, 2.75) is 71.9 Å². The molecule has 1 amide bonds. The van der Waals surface area contributed by atoms with Gasteiger partial charge >= 0.3 is 5.97 Å². The van der Waals surface area contributed by atoms with Gasteiger partial charge in [-0.1, -0.05) is 20.8 Å². The van der Waals surface area contributed by atoms with Crippen LogP contribution in [0.15, 0.2) is 0 Å². The van der Waals surface area contributed by atoms with E-state index < -0.39 is 12.1 Å². The van der Waals surface area contributed by atoms with Crippen molar-refractivity contribution in [3.05, 3.63) is 0 Å². The highest BCUT2D eigenvalue weighted by Crippen LogP contribution is 2.78. The van der Waals surface area contributed by atoms with Crippen LogP contribution in [0.5, 0.6) is 0 Å². The van der Waals surface area contributed by atoms with Crippen molar-refractivity contribution in [3.63, 3.8) is 0 Å². The number of likely N-dealkylation sites (tertiary alicyclic amines) is 1. The van der Waals surface area contributed by atoms with Gasteiger partial charge in [-0.15, -0.1) is 0 Å². The Labute approximate surface area is 145 Å². The molecule has 2 saturated carbocycles. The normalized spacial score (nSPS) is 37.9. The molecule has 0 spiro atoms. The van der Waals surface area contributed by atoms with Gasteiger partial charge in [-0.05, 0) is 61.7 Å². The van der Waals surface area contributed by atoms with E-state index >= 15 is 0 Å². The SMILES string of the molecule is C[C@H](N)C(=O)N1CCC[C@H]1C(=O)OCCC1CCC2(C)C1C2(C)C. The summed E-state index contributed by atoms with van der Waals surface area (Å²) in [6.45, 7) is 9.88. The van der Waals surface area contributed by atoms with Crippen LogP contribution in [0.2, 0.25) is 0 Å².